The Morgan fingerprint density at radius 3 is 1.89 bits per heavy atom. The van der Waals surface area contributed by atoms with Gasteiger partial charge in [0.25, 0.3) is 0 Å². The SMILES string of the molecule is CC(=O)C1=NN(c2ccccc2C)C2(S1)SC(c1ccccc1)(c1ccccc1)c1ccccc12. The summed E-state index contributed by atoms with van der Waals surface area (Å²) in [6.07, 6.45) is 0. The number of para-hydroxylation sites is 1. The van der Waals surface area contributed by atoms with Gasteiger partial charge in [-0.05, 0) is 35.2 Å². The minimum absolute atomic E-state index is 0.0135. The lowest BCUT2D eigenvalue weighted by Crippen LogP contribution is -2.34. The molecule has 35 heavy (non-hydrogen) atoms. The van der Waals surface area contributed by atoms with Crippen molar-refractivity contribution in [2.75, 3.05) is 5.01 Å². The maximum atomic E-state index is 12.7. The van der Waals surface area contributed by atoms with E-state index >= 15 is 0 Å². The minimum atomic E-state index is -0.630. The topological polar surface area (TPSA) is 32.7 Å². The average molecular weight is 493 g/mol. The third-order valence-electron chi connectivity index (χ3n) is 6.65. The molecule has 0 saturated heterocycles. The van der Waals surface area contributed by atoms with Gasteiger partial charge in [-0.2, -0.15) is 5.10 Å². The summed E-state index contributed by atoms with van der Waals surface area (Å²) in [6.45, 7) is 3.70. The van der Waals surface area contributed by atoms with Crippen molar-refractivity contribution in [3.8, 4) is 0 Å². The zero-order chi connectivity index (χ0) is 24.0. The number of carbonyl (C=O) groups excluding carboxylic acids is 1. The highest BCUT2D eigenvalue weighted by Gasteiger charge is 2.61. The summed E-state index contributed by atoms with van der Waals surface area (Å²) in [6, 6.07) is 38.3. The van der Waals surface area contributed by atoms with Crippen LogP contribution in [0.4, 0.5) is 5.69 Å². The first kappa shape index (κ1) is 22.2. The lowest BCUT2D eigenvalue weighted by atomic mass is 9.82. The fraction of sp³-hybridized carbons (Fsp3) is 0.133. The highest BCUT2D eigenvalue weighted by molar-refractivity contribution is 8.27. The minimum Gasteiger partial charge on any atom is -0.292 e. The van der Waals surface area contributed by atoms with Crippen LogP contribution in [0.25, 0.3) is 0 Å². The number of nitrogens with zero attached hydrogens (tertiary/aromatic N) is 2. The van der Waals surface area contributed by atoms with E-state index < -0.39 is 8.95 Å². The summed E-state index contributed by atoms with van der Waals surface area (Å²) in [7, 11) is 0. The summed E-state index contributed by atoms with van der Waals surface area (Å²) in [5, 5.41) is 7.57. The van der Waals surface area contributed by atoms with E-state index in [0.717, 1.165) is 11.3 Å². The summed E-state index contributed by atoms with van der Waals surface area (Å²) >= 11 is 3.42. The number of hydrogen-bond acceptors (Lipinski definition) is 5. The summed E-state index contributed by atoms with van der Waals surface area (Å²) in [5.74, 6) is -0.0135. The first-order valence-electron chi connectivity index (χ1n) is 11.6. The molecule has 2 aliphatic heterocycles. The first-order chi connectivity index (χ1) is 17.1. The van der Waals surface area contributed by atoms with Gasteiger partial charge in [-0.25, -0.2) is 5.01 Å². The normalized spacial score (nSPS) is 20.1. The molecule has 4 aromatic carbocycles. The van der Waals surface area contributed by atoms with Crippen LogP contribution in [0.5, 0.6) is 0 Å². The monoisotopic (exact) mass is 492 g/mol. The molecule has 0 N–H and O–H groups in total. The lowest BCUT2D eigenvalue weighted by Gasteiger charge is -2.37. The number of anilines is 1. The molecule has 0 fully saturated rings. The van der Waals surface area contributed by atoms with Gasteiger partial charge in [-0.3, -0.25) is 4.79 Å². The number of aryl methyl sites for hydroxylation is 1. The van der Waals surface area contributed by atoms with E-state index in [1.807, 2.05) is 23.9 Å². The molecule has 0 aliphatic carbocycles. The van der Waals surface area contributed by atoms with Crippen LogP contribution in [0.2, 0.25) is 0 Å². The summed E-state index contributed by atoms with van der Waals surface area (Å²) in [5.41, 5.74) is 6.95. The van der Waals surface area contributed by atoms with Crippen LogP contribution < -0.4 is 5.01 Å². The van der Waals surface area contributed by atoms with E-state index in [4.69, 9.17) is 5.10 Å². The second-order valence-corrected chi connectivity index (χ2v) is 11.7. The second-order valence-electron chi connectivity index (χ2n) is 8.80. The third-order valence-corrected chi connectivity index (χ3v) is 10.0. The highest BCUT2D eigenvalue weighted by Crippen LogP contribution is 2.70. The molecule has 0 saturated carbocycles. The van der Waals surface area contributed by atoms with Gasteiger partial charge in [0, 0.05) is 12.5 Å². The fourth-order valence-corrected chi connectivity index (χ4v) is 8.61. The van der Waals surface area contributed by atoms with E-state index in [-0.39, 0.29) is 5.78 Å². The largest absolute Gasteiger partial charge is 0.292 e. The van der Waals surface area contributed by atoms with Crippen molar-refractivity contribution in [3.05, 3.63) is 137 Å². The number of fused-ring (bicyclic) bond motifs is 2. The zero-order valence-corrected chi connectivity index (χ0v) is 21.1. The quantitative estimate of drug-likeness (QED) is 0.299. The highest BCUT2D eigenvalue weighted by atomic mass is 32.2. The number of Topliss-reactive ketones (excluding diaryl/α,β-unsaturated/α-hetero) is 1. The Labute approximate surface area is 214 Å². The van der Waals surface area contributed by atoms with Gasteiger partial charge in [0.2, 0.25) is 0 Å². The lowest BCUT2D eigenvalue weighted by molar-refractivity contribution is -0.110. The Kier molecular flexibility index (Phi) is 5.35. The molecule has 2 heterocycles. The van der Waals surface area contributed by atoms with Gasteiger partial charge < -0.3 is 0 Å². The Balaban J connectivity index is 1.67. The van der Waals surface area contributed by atoms with Gasteiger partial charge in [0.05, 0.1) is 10.4 Å². The van der Waals surface area contributed by atoms with E-state index in [0.29, 0.717) is 5.04 Å². The number of thioether (sulfide) groups is 2. The zero-order valence-electron chi connectivity index (χ0n) is 19.5. The second kappa shape index (κ2) is 8.43. The molecule has 4 aromatic rings. The molecule has 5 heteroatoms. The number of carbonyl (C=O) groups is 1. The molecule has 0 bridgehead atoms. The molecule has 1 spiro atoms. The van der Waals surface area contributed by atoms with Crippen molar-refractivity contribution in [3.63, 3.8) is 0 Å². The molecule has 0 aromatic heterocycles. The molecule has 172 valence electrons. The first-order valence-corrected chi connectivity index (χ1v) is 13.3. The number of hydrogen-bond donors (Lipinski definition) is 0. The summed E-state index contributed by atoms with van der Waals surface area (Å²) < 4.78 is -1.09. The van der Waals surface area contributed by atoms with Crippen LogP contribution in [-0.4, -0.2) is 10.8 Å². The molecule has 0 radical (unpaired) electrons. The Bertz CT molecular complexity index is 1410. The van der Waals surface area contributed by atoms with Crippen LogP contribution in [0, 0.1) is 6.92 Å². The Morgan fingerprint density at radius 1 is 0.743 bits per heavy atom. The van der Waals surface area contributed by atoms with Crippen LogP contribution >= 0.6 is 23.5 Å². The Morgan fingerprint density at radius 2 is 1.29 bits per heavy atom. The van der Waals surface area contributed by atoms with Crippen LogP contribution in [0.15, 0.2) is 114 Å². The Hall–Kier alpha value is -3.28. The van der Waals surface area contributed by atoms with E-state index in [2.05, 4.69) is 109 Å². The van der Waals surface area contributed by atoms with Crippen LogP contribution in [0.1, 0.15) is 34.7 Å². The van der Waals surface area contributed by atoms with Crippen molar-refractivity contribution >= 4 is 40.0 Å². The van der Waals surface area contributed by atoms with Gasteiger partial charge >= 0.3 is 0 Å². The number of ketones is 1. The van der Waals surface area contributed by atoms with Gasteiger partial charge in [0.1, 0.15) is 0 Å². The maximum absolute atomic E-state index is 12.7. The smallest absolute Gasteiger partial charge is 0.187 e. The van der Waals surface area contributed by atoms with E-state index in [1.54, 1.807) is 18.7 Å². The molecule has 1 unspecified atom stereocenters. The van der Waals surface area contributed by atoms with Crippen molar-refractivity contribution in [1.29, 1.82) is 0 Å². The molecular formula is C30H24N2OS2. The molecule has 1 atom stereocenters. The third kappa shape index (κ3) is 3.29. The van der Waals surface area contributed by atoms with Gasteiger partial charge in [0.15, 0.2) is 15.0 Å². The molecular weight excluding hydrogens is 468 g/mol. The van der Waals surface area contributed by atoms with Crippen molar-refractivity contribution in [2.45, 2.75) is 22.8 Å². The maximum Gasteiger partial charge on any atom is 0.187 e. The van der Waals surface area contributed by atoms with E-state index in [1.165, 1.54) is 22.3 Å². The molecule has 3 nitrogen and oxygen atoms in total. The predicted octanol–water partition coefficient (Wildman–Crippen LogP) is 7.30. The molecule has 6 rings (SSSR count). The predicted molar refractivity (Wildman–Crippen MR) is 148 cm³/mol. The number of benzene rings is 4. The van der Waals surface area contributed by atoms with Crippen LogP contribution in [-0.2, 0) is 13.7 Å². The van der Waals surface area contributed by atoms with Gasteiger partial charge in [-0.1, -0.05) is 127 Å². The van der Waals surface area contributed by atoms with Crippen LogP contribution in [0.3, 0.4) is 0 Å². The van der Waals surface area contributed by atoms with Crippen molar-refractivity contribution in [2.24, 2.45) is 5.10 Å². The summed E-state index contributed by atoms with van der Waals surface area (Å²) in [4.78, 5) is 12.7. The molecule has 2 aliphatic rings. The van der Waals surface area contributed by atoms with Crippen molar-refractivity contribution < 1.29 is 4.79 Å². The standard InChI is InChI=1S/C30H24N2OS2/c1-21-13-9-12-20-27(21)32-30(34-28(31-32)22(2)33)26-19-11-10-18-25(26)29(35-30,23-14-5-3-6-15-23)24-16-7-4-8-17-24/h3-20H,1-2H3. The fourth-order valence-electron chi connectivity index (χ4n) is 5.06. The average Bonchev–Trinajstić information content (AvgIpc) is 3.43. The number of rotatable bonds is 4. The van der Waals surface area contributed by atoms with Crippen molar-refractivity contribution in [1.82, 2.24) is 0 Å². The number of hydrazone groups is 1. The van der Waals surface area contributed by atoms with E-state index in [9.17, 15) is 4.79 Å². The molecule has 0 amide bonds. The van der Waals surface area contributed by atoms with Gasteiger partial charge in [-0.15, -0.1) is 0 Å².